The molecule has 2 aromatic rings. The molecule has 1 heterocycles. The van der Waals surface area contributed by atoms with Gasteiger partial charge in [0.1, 0.15) is 0 Å². The molecule has 1 aromatic heterocycles. The molecule has 1 fully saturated rings. The van der Waals surface area contributed by atoms with Crippen LogP contribution in [0.3, 0.4) is 0 Å². The number of nitrogens with one attached hydrogen (secondary N) is 1. The van der Waals surface area contributed by atoms with E-state index in [9.17, 15) is 0 Å². The highest BCUT2D eigenvalue weighted by Gasteiger charge is 2.40. The van der Waals surface area contributed by atoms with Crippen molar-refractivity contribution >= 4 is 21.4 Å². The maximum atomic E-state index is 3.68. The molecule has 0 radical (unpaired) electrons. The van der Waals surface area contributed by atoms with Gasteiger partial charge in [0, 0.05) is 10.7 Å². The average molecular weight is 245 g/mol. The van der Waals surface area contributed by atoms with Crippen molar-refractivity contribution in [1.29, 1.82) is 0 Å². The fourth-order valence-electron chi connectivity index (χ4n) is 2.77. The van der Waals surface area contributed by atoms with Gasteiger partial charge in [-0.3, -0.25) is 0 Å². The van der Waals surface area contributed by atoms with Gasteiger partial charge in [0.05, 0.1) is 0 Å². The van der Waals surface area contributed by atoms with Gasteiger partial charge in [0.2, 0.25) is 0 Å². The van der Waals surface area contributed by atoms with Crippen molar-refractivity contribution in [3.05, 3.63) is 35.2 Å². The summed E-state index contributed by atoms with van der Waals surface area (Å²) in [5.41, 5.74) is 1.52. The Morgan fingerprint density at radius 3 is 2.88 bits per heavy atom. The summed E-state index contributed by atoms with van der Waals surface area (Å²) in [5, 5.41) is 7.47. The van der Waals surface area contributed by atoms with Gasteiger partial charge < -0.3 is 5.32 Å². The second kappa shape index (κ2) is 4.43. The molecule has 90 valence electrons. The van der Waals surface area contributed by atoms with Crippen LogP contribution in [0.25, 0.3) is 10.1 Å². The lowest BCUT2D eigenvalue weighted by atomic mass is 10.0. The average Bonchev–Trinajstić information content (AvgIpc) is 2.91. The summed E-state index contributed by atoms with van der Waals surface area (Å²) in [7, 11) is 0. The Balaban J connectivity index is 2.00. The third kappa shape index (κ3) is 2.00. The molecule has 1 aromatic carbocycles. The molecule has 0 bridgehead atoms. The van der Waals surface area contributed by atoms with E-state index in [2.05, 4.69) is 48.8 Å². The molecule has 3 unspecified atom stereocenters. The van der Waals surface area contributed by atoms with Crippen molar-refractivity contribution in [2.45, 2.75) is 26.3 Å². The van der Waals surface area contributed by atoms with Crippen LogP contribution >= 0.6 is 11.3 Å². The van der Waals surface area contributed by atoms with Gasteiger partial charge in [-0.15, -0.1) is 11.3 Å². The molecule has 0 spiro atoms. The van der Waals surface area contributed by atoms with E-state index >= 15 is 0 Å². The summed E-state index contributed by atoms with van der Waals surface area (Å²) >= 11 is 1.87. The molecule has 0 amide bonds. The van der Waals surface area contributed by atoms with E-state index in [4.69, 9.17) is 0 Å². The third-order valence-corrected chi connectivity index (χ3v) is 4.85. The summed E-state index contributed by atoms with van der Waals surface area (Å²) in [4.78, 5) is 0. The first-order valence-electron chi connectivity index (χ1n) is 6.50. The van der Waals surface area contributed by atoms with Gasteiger partial charge in [0.25, 0.3) is 0 Å². The first kappa shape index (κ1) is 11.2. The minimum atomic E-state index is 0.561. The van der Waals surface area contributed by atoms with Crippen LogP contribution < -0.4 is 5.32 Å². The van der Waals surface area contributed by atoms with Gasteiger partial charge in [-0.25, -0.2) is 0 Å². The van der Waals surface area contributed by atoms with Gasteiger partial charge in [0.15, 0.2) is 0 Å². The number of fused-ring (bicyclic) bond motifs is 1. The zero-order chi connectivity index (χ0) is 11.8. The van der Waals surface area contributed by atoms with Crippen molar-refractivity contribution in [2.24, 2.45) is 11.8 Å². The minimum Gasteiger partial charge on any atom is -0.310 e. The smallest absolute Gasteiger partial charge is 0.0365 e. The van der Waals surface area contributed by atoms with Crippen LogP contribution in [-0.4, -0.2) is 6.54 Å². The van der Waals surface area contributed by atoms with Gasteiger partial charge in [-0.05, 0) is 47.2 Å². The number of benzene rings is 1. The monoisotopic (exact) mass is 245 g/mol. The molecule has 0 saturated heterocycles. The molecule has 1 aliphatic rings. The van der Waals surface area contributed by atoms with E-state index in [1.54, 1.807) is 0 Å². The number of hydrogen-bond donors (Lipinski definition) is 1. The van der Waals surface area contributed by atoms with E-state index in [0.717, 1.165) is 18.4 Å². The van der Waals surface area contributed by atoms with Crippen molar-refractivity contribution in [3.63, 3.8) is 0 Å². The quantitative estimate of drug-likeness (QED) is 0.851. The maximum absolute atomic E-state index is 3.68. The molecule has 1 nitrogen and oxygen atoms in total. The van der Waals surface area contributed by atoms with Gasteiger partial charge >= 0.3 is 0 Å². The topological polar surface area (TPSA) is 12.0 Å². The molecule has 0 aliphatic heterocycles. The SMILES string of the molecule is CCNC(c1csc2ccccc12)C1CC1C. The fraction of sp³-hybridized carbons (Fsp3) is 0.467. The maximum Gasteiger partial charge on any atom is 0.0365 e. The van der Waals surface area contributed by atoms with E-state index in [0.29, 0.717) is 6.04 Å². The summed E-state index contributed by atoms with van der Waals surface area (Å²) in [5.74, 6) is 1.73. The van der Waals surface area contributed by atoms with Crippen LogP contribution in [0.15, 0.2) is 29.6 Å². The van der Waals surface area contributed by atoms with E-state index < -0.39 is 0 Å². The second-order valence-corrected chi connectivity index (χ2v) is 6.01. The Labute approximate surface area is 107 Å². The van der Waals surface area contributed by atoms with Crippen LogP contribution in [0.5, 0.6) is 0 Å². The summed E-state index contributed by atoms with van der Waals surface area (Å²) in [6.45, 7) is 5.62. The highest BCUT2D eigenvalue weighted by atomic mass is 32.1. The first-order chi connectivity index (χ1) is 8.31. The summed E-state index contributed by atoms with van der Waals surface area (Å²) in [6.07, 6.45) is 1.38. The van der Waals surface area contributed by atoms with Crippen molar-refractivity contribution in [1.82, 2.24) is 5.32 Å². The predicted octanol–water partition coefficient (Wildman–Crippen LogP) is 4.21. The molecule has 1 aliphatic carbocycles. The van der Waals surface area contributed by atoms with Gasteiger partial charge in [-0.1, -0.05) is 32.0 Å². The Kier molecular flexibility index (Phi) is 2.93. The summed E-state index contributed by atoms with van der Waals surface area (Å²) < 4.78 is 1.42. The molecular weight excluding hydrogens is 226 g/mol. The van der Waals surface area contributed by atoms with Crippen LogP contribution in [0, 0.1) is 11.8 Å². The van der Waals surface area contributed by atoms with Crippen LogP contribution in [0.1, 0.15) is 31.9 Å². The fourth-order valence-corrected chi connectivity index (χ4v) is 3.76. The lowest BCUT2D eigenvalue weighted by Gasteiger charge is -2.17. The standard InChI is InChI=1S/C15H19NS/c1-3-16-15(12-8-10(12)2)13-9-17-14-7-5-4-6-11(13)14/h4-7,9-10,12,15-16H,3,8H2,1-2H3. The largest absolute Gasteiger partial charge is 0.310 e. The number of hydrogen-bond acceptors (Lipinski definition) is 2. The molecule has 17 heavy (non-hydrogen) atoms. The van der Waals surface area contributed by atoms with E-state index in [1.165, 1.54) is 22.1 Å². The third-order valence-electron chi connectivity index (χ3n) is 3.87. The van der Waals surface area contributed by atoms with Crippen molar-refractivity contribution in [2.75, 3.05) is 6.54 Å². The molecule has 3 rings (SSSR count). The number of rotatable bonds is 4. The second-order valence-electron chi connectivity index (χ2n) is 5.10. The van der Waals surface area contributed by atoms with Crippen molar-refractivity contribution < 1.29 is 0 Å². The zero-order valence-electron chi connectivity index (χ0n) is 10.4. The van der Waals surface area contributed by atoms with Gasteiger partial charge in [-0.2, -0.15) is 0 Å². The molecule has 1 N–H and O–H groups in total. The van der Waals surface area contributed by atoms with E-state index in [1.807, 2.05) is 11.3 Å². The normalized spacial score (nSPS) is 25.1. The molecule has 3 atom stereocenters. The molecular formula is C15H19NS. The van der Waals surface area contributed by atoms with Crippen LogP contribution in [0.4, 0.5) is 0 Å². The van der Waals surface area contributed by atoms with Crippen molar-refractivity contribution in [3.8, 4) is 0 Å². The predicted molar refractivity (Wildman–Crippen MR) is 75.5 cm³/mol. The Hall–Kier alpha value is -0.860. The van der Waals surface area contributed by atoms with Crippen LogP contribution in [-0.2, 0) is 0 Å². The Morgan fingerprint density at radius 2 is 2.18 bits per heavy atom. The molecule has 1 saturated carbocycles. The molecule has 2 heteroatoms. The highest BCUT2D eigenvalue weighted by molar-refractivity contribution is 7.17. The lowest BCUT2D eigenvalue weighted by Crippen LogP contribution is -2.22. The number of thiophene rings is 1. The van der Waals surface area contributed by atoms with E-state index in [-0.39, 0.29) is 0 Å². The van der Waals surface area contributed by atoms with Crippen LogP contribution in [0.2, 0.25) is 0 Å². The Morgan fingerprint density at radius 1 is 1.41 bits per heavy atom. The first-order valence-corrected chi connectivity index (χ1v) is 7.38. The highest BCUT2D eigenvalue weighted by Crippen LogP contribution is 2.48. The minimum absolute atomic E-state index is 0.561. The zero-order valence-corrected chi connectivity index (χ0v) is 11.3. The lowest BCUT2D eigenvalue weighted by molar-refractivity contribution is 0.479. The summed E-state index contributed by atoms with van der Waals surface area (Å²) in [6, 6.07) is 9.33. The Bertz CT molecular complexity index is 516.